The molecule has 0 saturated carbocycles. The highest BCUT2D eigenvalue weighted by molar-refractivity contribution is 5.84. The molecule has 1 aromatic rings. The normalized spacial score (nSPS) is 30.2. The number of hydrazine groups is 1. The van der Waals surface area contributed by atoms with Gasteiger partial charge in [0.2, 0.25) is 5.91 Å². The summed E-state index contributed by atoms with van der Waals surface area (Å²) in [5.41, 5.74) is 14.0. The Labute approximate surface area is 112 Å². The smallest absolute Gasteiger partial charge is 0.235 e. The van der Waals surface area contributed by atoms with Crippen LogP contribution in [0.1, 0.15) is 12.5 Å². The van der Waals surface area contributed by atoms with Crippen LogP contribution in [0.4, 0.5) is 0 Å². The van der Waals surface area contributed by atoms with Gasteiger partial charge in [0.15, 0.2) is 0 Å². The molecule has 2 heterocycles. The molecule has 3 atom stereocenters. The van der Waals surface area contributed by atoms with Gasteiger partial charge in [0.1, 0.15) is 0 Å². The van der Waals surface area contributed by atoms with Crippen LogP contribution in [-0.2, 0) is 11.3 Å². The zero-order valence-electron chi connectivity index (χ0n) is 10.8. The number of amides is 1. The van der Waals surface area contributed by atoms with Gasteiger partial charge in [-0.2, -0.15) is 0 Å². The van der Waals surface area contributed by atoms with Crippen LogP contribution in [0.5, 0.6) is 0 Å². The summed E-state index contributed by atoms with van der Waals surface area (Å²) in [5.74, 6) is -0.147. The van der Waals surface area contributed by atoms with Crippen LogP contribution in [0.15, 0.2) is 42.1 Å². The summed E-state index contributed by atoms with van der Waals surface area (Å²) in [4.78, 5) is 14.4. The Kier molecular flexibility index (Phi) is 3.10. The van der Waals surface area contributed by atoms with E-state index in [2.05, 4.69) is 16.9 Å². The number of fused-ring (bicyclic) bond motifs is 1. The van der Waals surface area contributed by atoms with Crippen molar-refractivity contribution in [2.45, 2.75) is 25.7 Å². The molecule has 1 saturated heterocycles. The molecular weight excluding hydrogens is 240 g/mol. The second-order valence-corrected chi connectivity index (χ2v) is 5.08. The van der Waals surface area contributed by atoms with E-state index in [0.29, 0.717) is 6.54 Å². The molecule has 5 heteroatoms. The molecule has 100 valence electrons. The van der Waals surface area contributed by atoms with Gasteiger partial charge < -0.3 is 10.6 Å². The molecular formula is C14H18N4O. The number of allylic oxidation sites excluding steroid dienone is 1. The number of nitrogens with one attached hydrogen (secondary N) is 2. The molecule has 0 aromatic heterocycles. The van der Waals surface area contributed by atoms with Crippen LogP contribution in [0, 0.1) is 5.92 Å². The molecule has 2 aliphatic heterocycles. The van der Waals surface area contributed by atoms with Crippen molar-refractivity contribution in [3.8, 4) is 0 Å². The molecule has 3 rings (SSSR count). The van der Waals surface area contributed by atoms with Crippen molar-refractivity contribution in [2.75, 3.05) is 0 Å². The fourth-order valence-corrected chi connectivity index (χ4v) is 2.72. The second kappa shape index (κ2) is 4.77. The monoisotopic (exact) mass is 258 g/mol. The minimum atomic E-state index is -0.333. The van der Waals surface area contributed by atoms with Gasteiger partial charge in [-0.3, -0.25) is 4.79 Å². The number of rotatable bonds is 2. The highest BCUT2D eigenvalue weighted by Crippen LogP contribution is 2.26. The van der Waals surface area contributed by atoms with Crippen LogP contribution in [0.3, 0.4) is 0 Å². The average Bonchev–Trinajstić information content (AvgIpc) is 2.77. The Hall–Kier alpha value is -1.69. The molecule has 4 N–H and O–H groups in total. The fourth-order valence-electron chi connectivity index (χ4n) is 2.72. The average molecular weight is 258 g/mol. The van der Waals surface area contributed by atoms with Gasteiger partial charge in [0.25, 0.3) is 0 Å². The lowest BCUT2D eigenvalue weighted by Crippen LogP contribution is -2.49. The Balaban J connectivity index is 1.85. The molecule has 2 aliphatic rings. The Morgan fingerprint density at radius 1 is 1.26 bits per heavy atom. The third-order valence-electron chi connectivity index (χ3n) is 3.77. The van der Waals surface area contributed by atoms with Gasteiger partial charge in [-0.05, 0) is 18.6 Å². The van der Waals surface area contributed by atoms with Crippen LogP contribution in [0.25, 0.3) is 0 Å². The summed E-state index contributed by atoms with van der Waals surface area (Å²) in [6.07, 6.45) is 1.73. The number of nitrogens with zero attached hydrogens (tertiary/aromatic N) is 1. The summed E-state index contributed by atoms with van der Waals surface area (Å²) >= 11 is 0. The van der Waals surface area contributed by atoms with Crippen molar-refractivity contribution in [1.29, 1.82) is 0 Å². The highest BCUT2D eigenvalue weighted by atomic mass is 16.2. The number of hydrogen-bond donors (Lipinski definition) is 3. The van der Waals surface area contributed by atoms with E-state index in [4.69, 9.17) is 5.73 Å². The van der Waals surface area contributed by atoms with E-state index in [9.17, 15) is 4.79 Å². The SMILES string of the molecule is CC1=CC2NNC(N)C2C(=O)N1Cc1ccccc1. The van der Waals surface area contributed by atoms with E-state index < -0.39 is 0 Å². The van der Waals surface area contributed by atoms with E-state index in [-0.39, 0.29) is 24.0 Å². The van der Waals surface area contributed by atoms with Gasteiger partial charge in [-0.1, -0.05) is 30.3 Å². The summed E-state index contributed by atoms with van der Waals surface area (Å²) in [5, 5.41) is 0. The molecule has 0 aliphatic carbocycles. The lowest BCUT2D eigenvalue weighted by Gasteiger charge is -2.33. The molecule has 1 amide bonds. The minimum absolute atomic E-state index is 0.00507. The summed E-state index contributed by atoms with van der Waals surface area (Å²) in [6, 6.07) is 9.98. The van der Waals surface area contributed by atoms with E-state index >= 15 is 0 Å². The number of hydrogen-bond acceptors (Lipinski definition) is 4. The van der Waals surface area contributed by atoms with Crippen molar-refractivity contribution >= 4 is 5.91 Å². The topological polar surface area (TPSA) is 70.4 Å². The van der Waals surface area contributed by atoms with Crippen LogP contribution < -0.4 is 16.6 Å². The quantitative estimate of drug-likeness (QED) is 0.714. The van der Waals surface area contributed by atoms with Crippen LogP contribution in [0.2, 0.25) is 0 Å². The molecule has 1 aromatic carbocycles. The highest BCUT2D eigenvalue weighted by Gasteiger charge is 2.43. The first-order valence-electron chi connectivity index (χ1n) is 6.47. The Morgan fingerprint density at radius 3 is 2.74 bits per heavy atom. The van der Waals surface area contributed by atoms with E-state index in [0.717, 1.165) is 11.3 Å². The predicted molar refractivity (Wildman–Crippen MR) is 72.3 cm³/mol. The molecule has 5 nitrogen and oxygen atoms in total. The largest absolute Gasteiger partial charge is 0.314 e. The molecule has 1 fully saturated rings. The summed E-state index contributed by atoms with van der Waals surface area (Å²) in [7, 11) is 0. The van der Waals surface area contributed by atoms with Gasteiger partial charge >= 0.3 is 0 Å². The molecule has 19 heavy (non-hydrogen) atoms. The maximum absolute atomic E-state index is 12.6. The van der Waals surface area contributed by atoms with Crippen molar-refractivity contribution < 1.29 is 4.79 Å². The number of benzene rings is 1. The van der Waals surface area contributed by atoms with Crippen molar-refractivity contribution in [3.63, 3.8) is 0 Å². The third kappa shape index (κ3) is 2.16. The number of nitrogens with two attached hydrogens (primary N) is 1. The minimum Gasteiger partial charge on any atom is -0.314 e. The van der Waals surface area contributed by atoms with Gasteiger partial charge in [-0.15, -0.1) is 0 Å². The molecule has 0 spiro atoms. The van der Waals surface area contributed by atoms with E-state index in [1.807, 2.05) is 42.2 Å². The van der Waals surface area contributed by atoms with Gasteiger partial charge in [0.05, 0.1) is 24.7 Å². The fraction of sp³-hybridized carbons (Fsp3) is 0.357. The van der Waals surface area contributed by atoms with E-state index in [1.165, 1.54) is 0 Å². The second-order valence-electron chi connectivity index (χ2n) is 5.08. The Bertz CT molecular complexity index is 513. The Morgan fingerprint density at radius 2 is 2.00 bits per heavy atom. The van der Waals surface area contributed by atoms with Crippen molar-refractivity contribution in [3.05, 3.63) is 47.7 Å². The summed E-state index contributed by atoms with van der Waals surface area (Å²) < 4.78 is 0. The van der Waals surface area contributed by atoms with Crippen LogP contribution >= 0.6 is 0 Å². The van der Waals surface area contributed by atoms with Crippen LogP contribution in [-0.4, -0.2) is 23.0 Å². The molecule has 0 bridgehead atoms. The zero-order chi connectivity index (χ0) is 13.4. The van der Waals surface area contributed by atoms with Gasteiger partial charge in [-0.25, -0.2) is 10.9 Å². The first kappa shape index (κ1) is 12.3. The van der Waals surface area contributed by atoms with Gasteiger partial charge in [0, 0.05) is 5.70 Å². The van der Waals surface area contributed by atoms with Crippen molar-refractivity contribution in [1.82, 2.24) is 15.8 Å². The maximum Gasteiger partial charge on any atom is 0.235 e. The standard InChI is InChI=1S/C14H18N4O/c1-9-7-11-12(13(15)17-16-11)14(19)18(9)8-10-5-3-2-4-6-10/h2-7,11-13,16-17H,8,15H2,1H3. The molecule has 3 unspecified atom stereocenters. The predicted octanol–water partition coefficient (Wildman–Crippen LogP) is 0.310. The first-order chi connectivity index (χ1) is 9.16. The maximum atomic E-state index is 12.6. The van der Waals surface area contributed by atoms with E-state index in [1.54, 1.807) is 0 Å². The first-order valence-corrected chi connectivity index (χ1v) is 6.47. The zero-order valence-corrected chi connectivity index (χ0v) is 10.8. The lowest BCUT2D eigenvalue weighted by atomic mass is 9.92. The van der Waals surface area contributed by atoms with Crippen molar-refractivity contribution in [2.24, 2.45) is 11.7 Å². The number of carbonyl (C=O) groups excluding carboxylic acids is 1. The lowest BCUT2D eigenvalue weighted by molar-refractivity contribution is -0.135. The number of carbonyl (C=O) groups is 1. The third-order valence-corrected chi connectivity index (χ3v) is 3.77. The molecule has 0 radical (unpaired) electrons. The summed E-state index contributed by atoms with van der Waals surface area (Å²) in [6.45, 7) is 2.56.